The second kappa shape index (κ2) is 1.71. The summed E-state index contributed by atoms with van der Waals surface area (Å²) in [5, 5.41) is 20.9. The van der Waals surface area contributed by atoms with Crippen LogP contribution in [-0.2, 0) is 4.79 Å². The number of fused-ring (bicyclic) bond motifs is 2. The lowest BCUT2D eigenvalue weighted by molar-refractivity contribution is -0.131. The smallest absolute Gasteiger partial charge is 0.226 e. The molecule has 4 atom stereocenters. The van der Waals surface area contributed by atoms with E-state index in [2.05, 4.69) is 5.32 Å². The van der Waals surface area contributed by atoms with Crippen molar-refractivity contribution in [3.05, 3.63) is 0 Å². The minimum absolute atomic E-state index is 0.122. The lowest BCUT2D eigenvalue weighted by Gasteiger charge is -2.22. The van der Waals surface area contributed by atoms with Crippen molar-refractivity contribution in [1.29, 1.82) is 0 Å². The van der Waals surface area contributed by atoms with E-state index >= 15 is 0 Å². The number of hydrogen-bond donors (Lipinski definition) is 3. The van der Waals surface area contributed by atoms with Gasteiger partial charge in [0.15, 0.2) is 0 Å². The van der Waals surface area contributed by atoms with Gasteiger partial charge in [0, 0.05) is 0 Å². The molecule has 0 aromatic carbocycles. The zero-order valence-electron chi connectivity index (χ0n) is 5.32. The average Bonchev–Trinajstić information content (AvgIpc) is 2.36. The maximum absolute atomic E-state index is 10.8. The van der Waals surface area contributed by atoms with Gasteiger partial charge in [-0.2, -0.15) is 0 Å². The van der Waals surface area contributed by atoms with Gasteiger partial charge in [0.25, 0.3) is 0 Å². The number of hydrogen-bond acceptors (Lipinski definition) is 3. The van der Waals surface area contributed by atoms with Crippen molar-refractivity contribution in [3.8, 4) is 0 Å². The summed E-state index contributed by atoms with van der Waals surface area (Å²) in [4.78, 5) is 10.8. The van der Waals surface area contributed by atoms with Crippen molar-refractivity contribution in [2.45, 2.75) is 24.7 Å². The van der Waals surface area contributed by atoms with Crippen LogP contribution in [-0.4, -0.2) is 34.4 Å². The van der Waals surface area contributed by atoms with E-state index in [4.69, 9.17) is 10.2 Å². The minimum Gasteiger partial charge on any atom is -0.390 e. The largest absolute Gasteiger partial charge is 0.390 e. The van der Waals surface area contributed by atoms with Gasteiger partial charge in [0.05, 0.1) is 18.1 Å². The Bertz CT molecular complexity index is 180. The lowest BCUT2D eigenvalue weighted by atomic mass is 10.1. The highest BCUT2D eigenvalue weighted by atomic mass is 16.3. The first-order valence-electron chi connectivity index (χ1n) is 3.36. The minimum atomic E-state index is -0.834. The van der Waals surface area contributed by atoms with Crippen LogP contribution in [0.3, 0.4) is 0 Å². The van der Waals surface area contributed by atoms with Gasteiger partial charge in [-0.25, -0.2) is 0 Å². The first kappa shape index (κ1) is 6.12. The Hall–Kier alpha value is -0.610. The Kier molecular flexibility index (Phi) is 1.04. The van der Waals surface area contributed by atoms with Crippen LogP contribution in [0.4, 0.5) is 0 Å². The zero-order chi connectivity index (χ0) is 7.30. The third kappa shape index (κ3) is 0.552. The topological polar surface area (TPSA) is 69.6 Å². The van der Waals surface area contributed by atoms with Crippen LogP contribution >= 0.6 is 0 Å². The Morgan fingerprint density at radius 1 is 1.40 bits per heavy atom. The van der Waals surface area contributed by atoms with E-state index < -0.39 is 12.2 Å². The van der Waals surface area contributed by atoms with Crippen LogP contribution < -0.4 is 5.32 Å². The van der Waals surface area contributed by atoms with Crippen LogP contribution in [0.25, 0.3) is 0 Å². The van der Waals surface area contributed by atoms with Crippen LogP contribution in [0.1, 0.15) is 6.42 Å². The van der Waals surface area contributed by atoms with Crippen LogP contribution in [0.5, 0.6) is 0 Å². The summed E-state index contributed by atoms with van der Waals surface area (Å²) in [6.07, 6.45) is -0.998. The van der Waals surface area contributed by atoms with Gasteiger partial charge in [0.2, 0.25) is 5.91 Å². The summed E-state index contributed by atoms with van der Waals surface area (Å²) in [6, 6.07) is -0.201. The summed E-state index contributed by atoms with van der Waals surface area (Å²) in [5.41, 5.74) is 0. The number of carbonyl (C=O) groups excluding carboxylic acids is 1. The van der Waals surface area contributed by atoms with Crippen molar-refractivity contribution in [3.63, 3.8) is 0 Å². The van der Waals surface area contributed by atoms with E-state index in [1.807, 2.05) is 0 Å². The Labute approximate surface area is 57.9 Å². The fourth-order valence-electron chi connectivity index (χ4n) is 1.72. The average molecular weight is 143 g/mol. The van der Waals surface area contributed by atoms with Gasteiger partial charge in [-0.3, -0.25) is 4.79 Å². The third-order valence-electron chi connectivity index (χ3n) is 2.35. The number of amides is 1. The molecule has 56 valence electrons. The van der Waals surface area contributed by atoms with Gasteiger partial charge in [0.1, 0.15) is 6.10 Å². The number of rotatable bonds is 0. The first-order valence-corrected chi connectivity index (χ1v) is 3.36. The summed E-state index contributed by atoms with van der Waals surface area (Å²) in [5.74, 6) is -0.484. The standard InChI is InChI=1S/C6H9NO3/c8-4-2-1-3(5(4)9)7-6(2)10/h2-5,8-9H,1H2,(H,7,10)/t2-,3-,4-,5+/m1/s1. The molecule has 2 bridgehead atoms. The number of piperidine rings is 1. The molecule has 1 amide bonds. The lowest BCUT2D eigenvalue weighted by Crippen LogP contribution is -2.48. The van der Waals surface area contributed by atoms with E-state index in [-0.39, 0.29) is 17.9 Å². The SMILES string of the molecule is O=C1N[C@@H]2C[C@@H]1[C@@H](O)[C@H]2O. The number of carbonyl (C=O) groups is 1. The second-order valence-corrected chi connectivity index (χ2v) is 2.94. The predicted molar refractivity (Wildman–Crippen MR) is 32.1 cm³/mol. The van der Waals surface area contributed by atoms with Gasteiger partial charge in [-0.1, -0.05) is 0 Å². The van der Waals surface area contributed by atoms with E-state index in [0.29, 0.717) is 6.42 Å². The molecule has 0 aromatic heterocycles. The monoisotopic (exact) mass is 143 g/mol. The maximum Gasteiger partial charge on any atom is 0.226 e. The quantitative estimate of drug-likeness (QED) is 0.375. The van der Waals surface area contributed by atoms with E-state index in [1.54, 1.807) is 0 Å². The van der Waals surface area contributed by atoms with Crippen LogP contribution in [0.2, 0.25) is 0 Å². The molecule has 2 aliphatic rings. The molecule has 1 saturated carbocycles. The molecule has 0 aromatic rings. The van der Waals surface area contributed by atoms with Gasteiger partial charge in [-0.05, 0) is 6.42 Å². The number of aliphatic hydroxyl groups excluding tert-OH is 2. The second-order valence-electron chi connectivity index (χ2n) is 2.94. The Balaban J connectivity index is 2.24. The molecule has 4 heteroatoms. The molecule has 2 rings (SSSR count). The molecule has 0 radical (unpaired) electrons. The normalized spacial score (nSPS) is 51.6. The fourth-order valence-corrected chi connectivity index (χ4v) is 1.72. The summed E-state index contributed by atoms with van der Waals surface area (Å²) >= 11 is 0. The van der Waals surface area contributed by atoms with E-state index in [0.717, 1.165) is 0 Å². The van der Waals surface area contributed by atoms with Crippen molar-refractivity contribution in [2.24, 2.45) is 5.92 Å². The zero-order valence-corrected chi connectivity index (χ0v) is 5.32. The van der Waals surface area contributed by atoms with Gasteiger partial charge >= 0.3 is 0 Å². The molecule has 1 aliphatic carbocycles. The van der Waals surface area contributed by atoms with Crippen molar-refractivity contribution < 1.29 is 15.0 Å². The number of aliphatic hydroxyl groups is 2. The fraction of sp³-hybridized carbons (Fsp3) is 0.833. The predicted octanol–water partition coefficient (Wildman–Crippen LogP) is -1.77. The Morgan fingerprint density at radius 2 is 2.10 bits per heavy atom. The molecule has 1 aliphatic heterocycles. The number of nitrogens with one attached hydrogen (secondary N) is 1. The molecule has 0 spiro atoms. The van der Waals surface area contributed by atoms with Crippen molar-refractivity contribution >= 4 is 5.91 Å². The summed E-state index contributed by atoms with van der Waals surface area (Å²) in [7, 11) is 0. The summed E-state index contributed by atoms with van der Waals surface area (Å²) < 4.78 is 0. The van der Waals surface area contributed by atoms with Crippen molar-refractivity contribution in [1.82, 2.24) is 5.32 Å². The molecule has 3 N–H and O–H groups in total. The molecular weight excluding hydrogens is 134 g/mol. The highest BCUT2D eigenvalue weighted by Gasteiger charge is 2.51. The molecule has 1 heterocycles. The van der Waals surface area contributed by atoms with Crippen LogP contribution in [0, 0.1) is 5.92 Å². The third-order valence-corrected chi connectivity index (χ3v) is 2.35. The van der Waals surface area contributed by atoms with Crippen LogP contribution in [0.15, 0.2) is 0 Å². The van der Waals surface area contributed by atoms with E-state index in [1.165, 1.54) is 0 Å². The highest BCUT2D eigenvalue weighted by molar-refractivity contribution is 5.83. The highest BCUT2D eigenvalue weighted by Crippen LogP contribution is 2.32. The molecule has 1 saturated heterocycles. The molecule has 2 fully saturated rings. The molecule has 10 heavy (non-hydrogen) atoms. The Morgan fingerprint density at radius 3 is 2.50 bits per heavy atom. The van der Waals surface area contributed by atoms with Gasteiger partial charge < -0.3 is 15.5 Å². The molecule has 4 nitrogen and oxygen atoms in total. The first-order chi connectivity index (χ1) is 4.70. The maximum atomic E-state index is 10.8. The molecular formula is C6H9NO3. The molecule has 0 unspecified atom stereocenters. The summed E-state index contributed by atoms with van der Waals surface area (Å²) in [6.45, 7) is 0. The van der Waals surface area contributed by atoms with Crippen molar-refractivity contribution in [2.75, 3.05) is 0 Å². The van der Waals surface area contributed by atoms with E-state index in [9.17, 15) is 4.79 Å². The van der Waals surface area contributed by atoms with Gasteiger partial charge in [-0.15, -0.1) is 0 Å².